The van der Waals surface area contributed by atoms with Gasteiger partial charge in [-0.05, 0) is 35.8 Å². The highest BCUT2D eigenvalue weighted by Crippen LogP contribution is 2.34. The van der Waals surface area contributed by atoms with Gasteiger partial charge >= 0.3 is 0 Å². The van der Waals surface area contributed by atoms with E-state index >= 15 is 0 Å². The second-order valence-corrected chi connectivity index (χ2v) is 11.1. The molecule has 0 aliphatic carbocycles. The van der Waals surface area contributed by atoms with Crippen molar-refractivity contribution in [2.75, 3.05) is 13.2 Å². The summed E-state index contributed by atoms with van der Waals surface area (Å²) >= 11 is 0. The van der Waals surface area contributed by atoms with Gasteiger partial charge in [0.1, 0.15) is 13.2 Å². The van der Waals surface area contributed by atoms with E-state index in [4.69, 9.17) is 19.5 Å². The summed E-state index contributed by atoms with van der Waals surface area (Å²) in [4.78, 5) is 36.4. The van der Waals surface area contributed by atoms with Crippen LogP contribution in [0.2, 0.25) is 0 Å². The zero-order valence-corrected chi connectivity index (χ0v) is 22.6. The maximum atomic E-state index is 13.3. The minimum atomic E-state index is -0.447. The first kappa shape index (κ1) is 26.1. The van der Waals surface area contributed by atoms with Crippen LogP contribution < -0.4 is 10.9 Å². The summed E-state index contributed by atoms with van der Waals surface area (Å²) in [6.07, 6.45) is 1.06. The second kappa shape index (κ2) is 11.1. The van der Waals surface area contributed by atoms with Gasteiger partial charge in [-0.15, -0.1) is 0 Å². The van der Waals surface area contributed by atoms with Gasteiger partial charge in [-0.2, -0.15) is 0 Å². The lowest BCUT2D eigenvalue weighted by atomic mass is 9.78. The molecule has 4 atom stereocenters. The lowest BCUT2D eigenvalue weighted by molar-refractivity contribution is 0.280. The number of rotatable bonds is 10. The third kappa shape index (κ3) is 5.22. The molecule has 0 unspecified atom stereocenters. The predicted molar refractivity (Wildman–Crippen MR) is 151 cm³/mol. The van der Waals surface area contributed by atoms with Crippen molar-refractivity contribution in [3.8, 4) is 0 Å². The highest BCUT2D eigenvalue weighted by atomic mass is 16.5. The summed E-state index contributed by atoms with van der Waals surface area (Å²) < 4.78 is 12.2. The lowest BCUT2D eigenvalue weighted by Crippen LogP contribution is -2.46. The molecular weight excluding hydrogens is 476 g/mol. The summed E-state index contributed by atoms with van der Waals surface area (Å²) in [6, 6.07) is 20.1. The summed E-state index contributed by atoms with van der Waals surface area (Å²) in [7, 11) is 0. The van der Waals surface area contributed by atoms with Crippen molar-refractivity contribution in [3.63, 3.8) is 0 Å². The Hall–Kier alpha value is -3.54. The molecule has 0 radical (unpaired) electrons. The summed E-state index contributed by atoms with van der Waals surface area (Å²) in [5.74, 6) is 0.877. The van der Waals surface area contributed by atoms with Crippen LogP contribution in [0.4, 0.5) is 0 Å². The van der Waals surface area contributed by atoms with E-state index in [1.54, 1.807) is 0 Å². The number of nitrogens with zero attached hydrogens (tertiary/aromatic N) is 2. The van der Waals surface area contributed by atoms with E-state index in [-0.39, 0.29) is 12.1 Å². The van der Waals surface area contributed by atoms with Gasteiger partial charge in [-0.25, -0.2) is 9.98 Å². The molecule has 0 aromatic heterocycles. The van der Waals surface area contributed by atoms with Crippen molar-refractivity contribution in [2.45, 2.75) is 64.5 Å². The SMILES string of the molecule is CC(C)[C@H]1COC([C@@H](Cc2ccccc2)c2c([C@H](Cc3ccccc3)C3=N[C@@H](C(C)C)CO3)c(=O)c2=O)=N1. The van der Waals surface area contributed by atoms with E-state index in [0.29, 0.717) is 60.8 Å². The average Bonchev–Trinajstić information content (AvgIpc) is 3.61. The molecule has 0 N–H and O–H groups in total. The second-order valence-electron chi connectivity index (χ2n) is 11.1. The quantitative estimate of drug-likeness (QED) is 0.364. The Morgan fingerprint density at radius 3 is 1.34 bits per heavy atom. The molecule has 0 fully saturated rings. The number of benzene rings is 2. The van der Waals surface area contributed by atoms with Gasteiger partial charge < -0.3 is 9.47 Å². The fraction of sp³-hybridized carbons (Fsp3) is 0.438. The van der Waals surface area contributed by atoms with E-state index in [2.05, 4.69) is 27.7 Å². The maximum absolute atomic E-state index is 13.3. The van der Waals surface area contributed by atoms with Crippen LogP contribution in [0, 0.1) is 11.8 Å². The molecule has 0 saturated heterocycles. The zero-order chi connectivity index (χ0) is 26.8. The van der Waals surface area contributed by atoms with E-state index < -0.39 is 22.7 Å². The molecule has 2 aliphatic heterocycles. The molecule has 0 saturated carbocycles. The normalized spacial score (nSPS) is 20.8. The molecule has 5 rings (SSSR count). The third-order valence-electron chi connectivity index (χ3n) is 7.77. The molecule has 6 heteroatoms. The van der Waals surface area contributed by atoms with E-state index in [9.17, 15) is 9.59 Å². The predicted octanol–water partition coefficient (Wildman–Crippen LogP) is 4.84. The van der Waals surface area contributed by atoms with Gasteiger partial charge in [0.15, 0.2) is 11.8 Å². The van der Waals surface area contributed by atoms with Crippen LogP contribution in [-0.2, 0) is 22.3 Å². The molecule has 0 spiro atoms. The molecule has 38 heavy (non-hydrogen) atoms. The van der Waals surface area contributed by atoms with Gasteiger partial charge in [-0.1, -0.05) is 88.4 Å². The number of hydrogen-bond acceptors (Lipinski definition) is 6. The summed E-state index contributed by atoms with van der Waals surface area (Å²) in [5, 5.41) is 0. The average molecular weight is 513 g/mol. The van der Waals surface area contributed by atoms with Gasteiger partial charge in [0, 0.05) is 11.1 Å². The Labute approximate surface area is 224 Å². The van der Waals surface area contributed by atoms with Crippen molar-refractivity contribution in [2.24, 2.45) is 21.8 Å². The standard InChI is InChI=1S/C32H36N2O4/c1-19(2)25-17-37-31(33-25)23(15-21-11-7-5-8-12-21)27-28(30(36)29(27)35)24(16-22-13-9-6-10-14-22)32-34-26(18-38-32)20(3)4/h5-14,19-20,23-26H,15-18H2,1-4H3/t23-,24-,25+,26+/m0/s1. The molecule has 3 aromatic carbocycles. The van der Waals surface area contributed by atoms with Gasteiger partial charge in [0.25, 0.3) is 0 Å². The van der Waals surface area contributed by atoms with Crippen LogP contribution in [0.1, 0.15) is 61.8 Å². The largest absolute Gasteiger partial charge is 0.478 e. The number of aliphatic imine (C=N–C) groups is 2. The van der Waals surface area contributed by atoms with Crippen molar-refractivity contribution in [3.05, 3.63) is 103 Å². The Kier molecular flexibility index (Phi) is 7.59. The van der Waals surface area contributed by atoms with E-state index in [1.165, 1.54) is 0 Å². The molecule has 0 bridgehead atoms. The maximum Gasteiger partial charge on any atom is 0.230 e. The highest BCUT2D eigenvalue weighted by molar-refractivity contribution is 5.90. The number of ether oxygens (including phenoxy) is 2. The minimum absolute atomic E-state index is 0.0349. The highest BCUT2D eigenvalue weighted by Gasteiger charge is 2.41. The Bertz CT molecular complexity index is 1280. The zero-order valence-electron chi connectivity index (χ0n) is 22.6. The molecular formula is C32H36N2O4. The van der Waals surface area contributed by atoms with Crippen LogP contribution in [0.25, 0.3) is 0 Å². The van der Waals surface area contributed by atoms with Crippen LogP contribution >= 0.6 is 0 Å². The van der Waals surface area contributed by atoms with Crippen LogP contribution in [-0.4, -0.2) is 37.1 Å². The van der Waals surface area contributed by atoms with Gasteiger partial charge in [0.2, 0.25) is 10.9 Å². The van der Waals surface area contributed by atoms with Crippen molar-refractivity contribution in [1.29, 1.82) is 0 Å². The first-order valence-electron chi connectivity index (χ1n) is 13.6. The Morgan fingerprint density at radius 2 is 1.03 bits per heavy atom. The van der Waals surface area contributed by atoms with Crippen molar-refractivity contribution >= 4 is 11.8 Å². The van der Waals surface area contributed by atoms with Crippen molar-refractivity contribution in [1.82, 2.24) is 0 Å². The Balaban J connectivity index is 1.60. The first-order chi connectivity index (χ1) is 18.3. The van der Waals surface area contributed by atoms with E-state index in [0.717, 1.165) is 11.1 Å². The first-order valence-corrected chi connectivity index (χ1v) is 13.6. The minimum Gasteiger partial charge on any atom is -0.478 e. The van der Waals surface area contributed by atoms with Gasteiger partial charge in [0.05, 0.1) is 23.9 Å². The summed E-state index contributed by atoms with van der Waals surface area (Å²) in [6.45, 7) is 9.45. The monoisotopic (exact) mass is 512 g/mol. The molecule has 2 aliphatic rings. The van der Waals surface area contributed by atoms with E-state index in [1.807, 2.05) is 60.7 Å². The smallest absolute Gasteiger partial charge is 0.230 e. The molecule has 198 valence electrons. The lowest BCUT2D eigenvalue weighted by Gasteiger charge is -2.26. The fourth-order valence-electron chi connectivity index (χ4n) is 5.33. The van der Waals surface area contributed by atoms with Crippen LogP contribution in [0.5, 0.6) is 0 Å². The topological polar surface area (TPSA) is 77.3 Å². The Morgan fingerprint density at radius 1 is 0.658 bits per heavy atom. The molecule has 0 amide bonds. The summed E-state index contributed by atoms with van der Waals surface area (Å²) in [5.41, 5.74) is 2.23. The van der Waals surface area contributed by atoms with Crippen molar-refractivity contribution < 1.29 is 9.47 Å². The van der Waals surface area contributed by atoms with Crippen LogP contribution in [0.15, 0.2) is 80.2 Å². The molecule has 6 nitrogen and oxygen atoms in total. The fourth-order valence-corrected chi connectivity index (χ4v) is 5.33. The van der Waals surface area contributed by atoms with Crippen LogP contribution in [0.3, 0.4) is 0 Å². The number of hydrogen-bond donors (Lipinski definition) is 0. The van der Waals surface area contributed by atoms with Gasteiger partial charge in [-0.3, -0.25) is 9.59 Å². The molecule has 2 heterocycles. The third-order valence-corrected chi connectivity index (χ3v) is 7.77. The molecule has 3 aromatic rings.